The van der Waals surface area contributed by atoms with Crippen molar-refractivity contribution < 1.29 is 9.53 Å². The van der Waals surface area contributed by atoms with Crippen molar-refractivity contribution in [1.29, 1.82) is 0 Å². The summed E-state index contributed by atoms with van der Waals surface area (Å²) in [5, 5.41) is 4.38. The Balaban J connectivity index is 1.57. The highest BCUT2D eigenvalue weighted by Crippen LogP contribution is 2.26. The molecule has 3 heterocycles. The monoisotopic (exact) mass is 362 g/mol. The Morgan fingerprint density at radius 3 is 2.74 bits per heavy atom. The molecule has 2 aromatic heterocycles. The molecule has 0 N–H and O–H groups in total. The Kier molecular flexibility index (Phi) is 4.62. The summed E-state index contributed by atoms with van der Waals surface area (Å²) in [5.74, 6) is 1.63. The number of nitrogens with zero attached hydrogens (tertiary/aromatic N) is 4. The lowest BCUT2D eigenvalue weighted by Gasteiger charge is -2.20. The molecule has 138 valence electrons. The summed E-state index contributed by atoms with van der Waals surface area (Å²) in [6, 6.07) is 11.8. The first-order chi connectivity index (χ1) is 13.2. The summed E-state index contributed by atoms with van der Waals surface area (Å²) in [7, 11) is 1.69. The maximum Gasteiger partial charge on any atom is 0.257 e. The van der Waals surface area contributed by atoms with Gasteiger partial charge in [-0.25, -0.2) is 9.67 Å². The Morgan fingerprint density at radius 2 is 1.96 bits per heavy atom. The zero-order valence-corrected chi connectivity index (χ0v) is 15.6. The lowest BCUT2D eigenvalue weighted by Crippen LogP contribution is -2.33. The molecule has 0 spiro atoms. The predicted molar refractivity (Wildman–Crippen MR) is 102 cm³/mol. The minimum absolute atomic E-state index is 0.0152. The molecule has 0 saturated carbocycles. The van der Waals surface area contributed by atoms with Crippen molar-refractivity contribution in [2.75, 3.05) is 20.2 Å². The molecule has 0 fully saturated rings. The number of benzene rings is 1. The van der Waals surface area contributed by atoms with Crippen LogP contribution in [0.4, 0.5) is 0 Å². The lowest BCUT2D eigenvalue weighted by molar-refractivity contribution is 0.0762. The van der Waals surface area contributed by atoms with Crippen molar-refractivity contribution >= 4 is 5.91 Å². The van der Waals surface area contributed by atoms with Crippen LogP contribution in [0.3, 0.4) is 0 Å². The summed E-state index contributed by atoms with van der Waals surface area (Å²) in [6.45, 7) is 3.26. The van der Waals surface area contributed by atoms with Crippen molar-refractivity contribution in [3.05, 3.63) is 71.2 Å². The van der Waals surface area contributed by atoms with Gasteiger partial charge in [0.25, 0.3) is 5.91 Å². The van der Waals surface area contributed by atoms with E-state index in [0.29, 0.717) is 24.5 Å². The van der Waals surface area contributed by atoms with Gasteiger partial charge in [-0.2, -0.15) is 5.10 Å². The molecule has 6 nitrogen and oxygen atoms in total. The molecule has 4 rings (SSSR count). The third kappa shape index (κ3) is 3.18. The maximum absolute atomic E-state index is 13.1. The average Bonchev–Trinajstić information content (AvgIpc) is 2.95. The molecule has 0 aliphatic carbocycles. The lowest BCUT2D eigenvalue weighted by atomic mass is 10.0. The van der Waals surface area contributed by atoms with Crippen molar-refractivity contribution in [2.45, 2.75) is 19.8 Å². The molecule has 0 saturated heterocycles. The van der Waals surface area contributed by atoms with Crippen molar-refractivity contribution in [3.8, 4) is 11.6 Å². The van der Waals surface area contributed by atoms with Gasteiger partial charge in [0.15, 0.2) is 5.82 Å². The van der Waals surface area contributed by atoms with Crippen LogP contribution >= 0.6 is 0 Å². The first kappa shape index (κ1) is 17.3. The SMILES string of the molecule is COc1cccc2c1CCN(C(=O)c1cnn(-c3ccccn3)c1C)CC2. The van der Waals surface area contributed by atoms with Gasteiger partial charge in [0.2, 0.25) is 0 Å². The van der Waals surface area contributed by atoms with E-state index in [0.717, 1.165) is 24.3 Å². The summed E-state index contributed by atoms with van der Waals surface area (Å²) in [4.78, 5) is 19.4. The Hall–Kier alpha value is -3.15. The van der Waals surface area contributed by atoms with Gasteiger partial charge in [-0.3, -0.25) is 4.79 Å². The van der Waals surface area contributed by atoms with E-state index >= 15 is 0 Å². The minimum atomic E-state index is 0.0152. The zero-order chi connectivity index (χ0) is 18.8. The van der Waals surface area contributed by atoms with Crippen LogP contribution in [0.5, 0.6) is 5.75 Å². The summed E-state index contributed by atoms with van der Waals surface area (Å²) in [6.07, 6.45) is 4.98. The van der Waals surface area contributed by atoms with Gasteiger partial charge >= 0.3 is 0 Å². The van der Waals surface area contributed by atoms with E-state index in [1.54, 1.807) is 24.2 Å². The predicted octanol–water partition coefficient (Wildman–Crippen LogP) is 2.83. The second-order valence-electron chi connectivity index (χ2n) is 6.63. The van der Waals surface area contributed by atoms with Crippen LogP contribution in [0.2, 0.25) is 0 Å². The fraction of sp³-hybridized carbons (Fsp3) is 0.286. The number of rotatable bonds is 3. The molecule has 1 aliphatic heterocycles. The van der Waals surface area contributed by atoms with Crippen LogP contribution in [0.25, 0.3) is 5.82 Å². The van der Waals surface area contributed by atoms with Gasteiger partial charge in [-0.15, -0.1) is 0 Å². The van der Waals surface area contributed by atoms with Gasteiger partial charge in [0.1, 0.15) is 5.75 Å². The number of carbonyl (C=O) groups excluding carboxylic acids is 1. The minimum Gasteiger partial charge on any atom is -0.496 e. The number of methoxy groups -OCH3 is 1. The van der Waals surface area contributed by atoms with Crippen LogP contribution in [-0.2, 0) is 12.8 Å². The number of aromatic nitrogens is 3. The van der Waals surface area contributed by atoms with E-state index in [-0.39, 0.29) is 5.91 Å². The molecule has 1 aliphatic rings. The number of hydrogen-bond donors (Lipinski definition) is 0. The third-order valence-corrected chi connectivity index (χ3v) is 5.13. The van der Waals surface area contributed by atoms with Gasteiger partial charge < -0.3 is 9.64 Å². The molecule has 27 heavy (non-hydrogen) atoms. The smallest absolute Gasteiger partial charge is 0.257 e. The molecule has 1 aromatic carbocycles. The van der Waals surface area contributed by atoms with Crippen LogP contribution in [0, 0.1) is 6.92 Å². The second-order valence-corrected chi connectivity index (χ2v) is 6.63. The molecule has 6 heteroatoms. The number of pyridine rings is 1. The van der Waals surface area contributed by atoms with Gasteiger partial charge in [0.05, 0.1) is 24.6 Å². The summed E-state index contributed by atoms with van der Waals surface area (Å²) in [5.41, 5.74) is 3.89. The van der Waals surface area contributed by atoms with Crippen molar-refractivity contribution in [1.82, 2.24) is 19.7 Å². The van der Waals surface area contributed by atoms with E-state index < -0.39 is 0 Å². The number of hydrogen-bond acceptors (Lipinski definition) is 4. The second kappa shape index (κ2) is 7.23. The van der Waals surface area contributed by atoms with E-state index in [1.165, 1.54) is 11.1 Å². The molecule has 0 atom stereocenters. The molecular weight excluding hydrogens is 340 g/mol. The van der Waals surface area contributed by atoms with E-state index in [4.69, 9.17) is 4.74 Å². The molecule has 0 radical (unpaired) electrons. The summed E-state index contributed by atoms with van der Waals surface area (Å²) < 4.78 is 7.21. The molecule has 1 amide bonds. The highest BCUT2D eigenvalue weighted by Gasteiger charge is 2.24. The Labute approximate surface area is 158 Å². The van der Waals surface area contributed by atoms with Gasteiger partial charge in [-0.05, 0) is 49.1 Å². The third-order valence-electron chi connectivity index (χ3n) is 5.13. The van der Waals surface area contributed by atoms with E-state index in [9.17, 15) is 4.79 Å². The highest BCUT2D eigenvalue weighted by molar-refractivity contribution is 5.95. The van der Waals surface area contributed by atoms with Crippen molar-refractivity contribution in [2.24, 2.45) is 0 Å². The number of amides is 1. The zero-order valence-electron chi connectivity index (χ0n) is 15.6. The first-order valence-electron chi connectivity index (χ1n) is 9.09. The first-order valence-corrected chi connectivity index (χ1v) is 9.09. The molecule has 3 aromatic rings. The normalized spacial score (nSPS) is 13.8. The van der Waals surface area contributed by atoms with Crippen LogP contribution < -0.4 is 4.74 Å². The van der Waals surface area contributed by atoms with Gasteiger partial charge in [-0.1, -0.05) is 18.2 Å². The van der Waals surface area contributed by atoms with Gasteiger partial charge in [0, 0.05) is 19.3 Å². The topological polar surface area (TPSA) is 60.2 Å². The van der Waals surface area contributed by atoms with Crippen molar-refractivity contribution in [3.63, 3.8) is 0 Å². The van der Waals surface area contributed by atoms with Crippen LogP contribution in [-0.4, -0.2) is 45.8 Å². The standard InChI is InChI=1S/C21H22N4O2/c1-15-18(14-23-25(15)20-8-3-4-11-22-20)21(26)24-12-9-16-6-5-7-19(27-2)17(16)10-13-24/h3-8,11,14H,9-10,12-13H2,1-2H3. The fourth-order valence-corrected chi connectivity index (χ4v) is 3.64. The van der Waals surface area contributed by atoms with Crippen LogP contribution in [0.15, 0.2) is 48.8 Å². The largest absolute Gasteiger partial charge is 0.496 e. The summed E-state index contributed by atoms with van der Waals surface area (Å²) >= 11 is 0. The van der Waals surface area contributed by atoms with E-state index in [2.05, 4.69) is 16.1 Å². The Bertz CT molecular complexity index is 966. The average molecular weight is 362 g/mol. The molecular formula is C21H22N4O2. The van der Waals surface area contributed by atoms with Crippen LogP contribution in [0.1, 0.15) is 27.2 Å². The van der Waals surface area contributed by atoms with E-state index in [1.807, 2.05) is 42.2 Å². The highest BCUT2D eigenvalue weighted by atomic mass is 16.5. The number of fused-ring (bicyclic) bond motifs is 1. The maximum atomic E-state index is 13.1. The fourth-order valence-electron chi connectivity index (χ4n) is 3.64. The molecule has 0 bridgehead atoms. The molecule has 0 unspecified atom stereocenters. The number of carbonyl (C=O) groups is 1. The number of ether oxygens (including phenoxy) is 1. The Morgan fingerprint density at radius 1 is 1.11 bits per heavy atom. The quantitative estimate of drug-likeness (QED) is 0.719.